The zero-order chi connectivity index (χ0) is 10.1. The van der Waals surface area contributed by atoms with Gasteiger partial charge in [-0.15, -0.1) is 0 Å². The van der Waals surface area contributed by atoms with Crippen molar-refractivity contribution in [1.82, 2.24) is 5.32 Å². The molecule has 1 amide bonds. The van der Waals surface area contributed by atoms with E-state index >= 15 is 0 Å². The van der Waals surface area contributed by atoms with Crippen molar-refractivity contribution in [1.29, 1.82) is 0 Å². The minimum Gasteiger partial charge on any atom is -0.394 e. The van der Waals surface area contributed by atoms with Gasteiger partial charge in [-0.2, -0.15) is 0 Å². The summed E-state index contributed by atoms with van der Waals surface area (Å²) < 4.78 is 0. The second kappa shape index (κ2) is 3.66. The maximum absolute atomic E-state index is 11.5. The fourth-order valence-electron chi connectivity index (χ4n) is 1.32. The van der Waals surface area contributed by atoms with Crippen molar-refractivity contribution >= 4 is 5.91 Å². The van der Waals surface area contributed by atoms with Crippen LogP contribution in [0.15, 0.2) is 0 Å². The standard InChI is InChI=1S/C10H19NO2/c1-4-10(3,6-12)11-9(13)8-5-7(8)2/h7-8,12H,4-6H2,1-3H3,(H,11,13). The van der Waals surface area contributed by atoms with Crippen LogP contribution >= 0.6 is 0 Å². The molecule has 0 heterocycles. The van der Waals surface area contributed by atoms with Crippen molar-refractivity contribution in [2.75, 3.05) is 6.61 Å². The Bertz CT molecular complexity index is 199. The molecule has 1 aliphatic rings. The Labute approximate surface area is 79.5 Å². The van der Waals surface area contributed by atoms with Gasteiger partial charge in [-0.05, 0) is 25.7 Å². The summed E-state index contributed by atoms with van der Waals surface area (Å²) in [6, 6.07) is 0. The van der Waals surface area contributed by atoms with Crippen molar-refractivity contribution in [3.8, 4) is 0 Å². The molecule has 1 aliphatic carbocycles. The van der Waals surface area contributed by atoms with E-state index in [2.05, 4.69) is 12.2 Å². The largest absolute Gasteiger partial charge is 0.394 e. The van der Waals surface area contributed by atoms with Gasteiger partial charge < -0.3 is 10.4 Å². The Hall–Kier alpha value is -0.570. The maximum Gasteiger partial charge on any atom is 0.223 e. The molecule has 3 heteroatoms. The van der Waals surface area contributed by atoms with Crippen LogP contribution in [0.25, 0.3) is 0 Å². The molecule has 0 spiro atoms. The van der Waals surface area contributed by atoms with Gasteiger partial charge in [-0.1, -0.05) is 13.8 Å². The lowest BCUT2D eigenvalue weighted by Gasteiger charge is -2.27. The molecule has 0 bridgehead atoms. The van der Waals surface area contributed by atoms with Gasteiger partial charge >= 0.3 is 0 Å². The predicted molar refractivity (Wildman–Crippen MR) is 51.2 cm³/mol. The third kappa shape index (κ3) is 2.44. The maximum atomic E-state index is 11.5. The molecule has 13 heavy (non-hydrogen) atoms. The lowest BCUT2D eigenvalue weighted by Crippen LogP contribution is -2.49. The first kappa shape index (κ1) is 10.5. The Morgan fingerprint density at radius 1 is 1.69 bits per heavy atom. The van der Waals surface area contributed by atoms with E-state index in [1.54, 1.807) is 0 Å². The van der Waals surface area contributed by atoms with E-state index in [1.807, 2.05) is 13.8 Å². The number of carbonyl (C=O) groups excluding carboxylic acids is 1. The van der Waals surface area contributed by atoms with E-state index in [0.29, 0.717) is 5.92 Å². The van der Waals surface area contributed by atoms with Gasteiger partial charge in [0, 0.05) is 5.92 Å². The molecule has 1 rings (SSSR count). The summed E-state index contributed by atoms with van der Waals surface area (Å²) in [5.41, 5.74) is -0.431. The summed E-state index contributed by atoms with van der Waals surface area (Å²) in [6.07, 6.45) is 1.76. The second-order valence-electron chi connectivity index (χ2n) is 4.38. The van der Waals surface area contributed by atoms with Crippen LogP contribution in [0.5, 0.6) is 0 Å². The van der Waals surface area contributed by atoms with Crippen LogP contribution in [0.2, 0.25) is 0 Å². The lowest BCUT2D eigenvalue weighted by molar-refractivity contribution is -0.125. The van der Waals surface area contributed by atoms with Crippen molar-refractivity contribution in [2.45, 2.75) is 39.2 Å². The van der Waals surface area contributed by atoms with Gasteiger partial charge in [0.25, 0.3) is 0 Å². The summed E-state index contributed by atoms with van der Waals surface area (Å²) in [5, 5.41) is 12.0. The minimum atomic E-state index is -0.431. The SMILES string of the molecule is CCC(C)(CO)NC(=O)C1CC1C. The minimum absolute atomic E-state index is 0.0103. The number of hydrogen-bond donors (Lipinski definition) is 2. The molecule has 0 aliphatic heterocycles. The molecule has 2 N–H and O–H groups in total. The summed E-state index contributed by atoms with van der Waals surface area (Å²) in [6.45, 7) is 5.92. The van der Waals surface area contributed by atoms with E-state index in [4.69, 9.17) is 5.11 Å². The molecule has 0 aromatic rings. The number of amides is 1. The summed E-state index contributed by atoms with van der Waals surface area (Å²) in [4.78, 5) is 11.5. The van der Waals surface area contributed by atoms with Gasteiger partial charge in [0.1, 0.15) is 0 Å². The zero-order valence-electron chi connectivity index (χ0n) is 8.63. The van der Waals surface area contributed by atoms with Gasteiger partial charge in [0.05, 0.1) is 12.1 Å². The highest BCUT2D eigenvalue weighted by Crippen LogP contribution is 2.38. The number of carbonyl (C=O) groups is 1. The number of rotatable bonds is 4. The van der Waals surface area contributed by atoms with Crippen LogP contribution in [0.4, 0.5) is 0 Å². The second-order valence-corrected chi connectivity index (χ2v) is 4.38. The van der Waals surface area contributed by atoms with E-state index < -0.39 is 5.54 Å². The molecule has 1 fully saturated rings. The highest BCUT2D eigenvalue weighted by atomic mass is 16.3. The fraction of sp³-hybridized carbons (Fsp3) is 0.900. The lowest BCUT2D eigenvalue weighted by atomic mass is 10.00. The molecule has 3 nitrogen and oxygen atoms in total. The number of aliphatic hydroxyl groups is 1. The highest BCUT2D eigenvalue weighted by Gasteiger charge is 2.41. The molecule has 3 unspecified atom stereocenters. The Morgan fingerprint density at radius 2 is 2.23 bits per heavy atom. The first-order valence-corrected chi connectivity index (χ1v) is 4.95. The molecule has 76 valence electrons. The molecule has 0 aromatic carbocycles. The molecule has 0 radical (unpaired) electrons. The van der Waals surface area contributed by atoms with Crippen molar-refractivity contribution < 1.29 is 9.90 Å². The molecule has 3 atom stereocenters. The molecular formula is C10H19NO2. The van der Waals surface area contributed by atoms with Crippen LogP contribution < -0.4 is 5.32 Å². The van der Waals surface area contributed by atoms with Gasteiger partial charge in [-0.3, -0.25) is 4.79 Å². The van der Waals surface area contributed by atoms with E-state index in [0.717, 1.165) is 12.8 Å². The molecular weight excluding hydrogens is 166 g/mol. The van der Waals surface area contributed by atoms with E-state index in [1.165, 1.54) is 0 Å². The first-order valence-electron chi connectivity index (χ1n) is 4.95. The average molecular weight is 185 g/mol. The predicted octanol–water partition coefficient (Wildman–Crippen LogP) is 0.920. The Morgan fingerprint density at radius 3 is 2.54 bits per heavy atom. The Balaban J connectivity index is 2.42. The van der Waals surface area contributed by atoms with Crippen molar-refractivity contribution in [3.63, 3.8) is 0 Å². The Kier molecular flexibility index (Phi) is 2.96. The quantitative estimate of drug-likeness (QED) is 0.684. The van der Waals surface area contributed by atoms with Crippen LogP contribution in [0.3, 0.4) is 0 Å². The number of nitrogens with one attached hydrogen (secondary N) is 1. The number of hydrogen-bond acceptors (Lipinski definition) is 2. The van der Waals surface area contributed by atoms with Crippen molar-refractivity contribution in [2.24, 2.45) is 11.8 Å². The third-order valence-corrected chi connectivity index (χ3v) is 3.00. The molecule has 1 saturated carbocycles. The van der Waals surface area contributed by atoms with Crippen LogP contribution in [0, 0.1) is 11.8 Å². The molecule has 0 saturated heterocycles. The summed E-state index contributed by atoms with van der Waals surface area (Å²) in [7, 11) is 0. The topological polar surface area (TPSA) is 49.3 Å². The van der Waals surface area contributed by atoms with E-state index in [-0.39, 0.29) is 18.4 Å². The number of aliphatic hydroxyl groups excluding tert-OH is 1. The van der Waals surface area contributed by atoms with E-state index in [9.17, 15) is 4.79 Å². The van der Waals surface area contributed by atoms with Gasteiger partial charge in [-0.25, -0.2) is 0 Å². The van der Waals surface area contributed by atoms with Crippen molar-refractivity contribution in [3.05, 3.63) is 0 Å². The van der Waals surface area contributed by atoms with Crippen LogP contribution in [-0.4, -0.2) is 23.2 Å². The first-order chi connectivity index (χ1) is 6.02. The van der Waals surface area contributed by atoms with Crippen LogP contribution in [-0.2, 0) is 4.79 Å². The summed E-state index contributed by atoms with van der Waals surface area (Å²) >= 11 is 0. The van der Waals surface area contributed by atoms with Crippen LogP contribution in [0.1, 0.15) is 33.6 Å². The summed E-state index contributed by atoms with van der Waals surface area (Å²) in [5.74, 6) is 0.822. The average Bonchev–Trinajstić information content (AvgIpc) is 2.82. The zero-order valence-corrected chi connectivity index (χ0v) is 8.63. The van der Waals surface area contributed by atoms with Gasteiger partial charge in [0.15, 0.2) is 0 Å². The highest BCUT2D eigenvalue weighted by molar-refractivity contribution is 5.82. The molecule has 0 aromatic heterocycles. The smallest absolute Gasteiger partial charge is 0.223 e. The van der Waals surface area contributed by atoms with Gasteiger partial charge in [0.2, 0.25) is 5.91 Å². The third-order valence-electron chi connectivity index (χ3n) is 3.00. The fourth-order valence-corrected chi connectivity index (χ4v) is 1.32. The normalized spacial score (nSPS) is 30.8. The monoisotopic (exact) mass is 185 g/mol.